The monoisotopic (exact) mass is 829 g/mol. The van der Waals surface area contributed by atoms with E-state index in [0.29, 0.717) is 0 Å². The fourth-order valence-corrected chi connectivity index (χ4v) is 11.4. The molecule has 0 spiro atoms. The van der Waals surface area contributed by atoms with E-state index in [9.17, 15) is 0 Å². The Morgan fingerprint density at radius 3 is 0.608 bits per heavy atom. The van der Waals surface area contributed by atoms with Crippen LogP contribution < -0.4 is 0 Å². The molecule has 0 atom stereocenters. The fourth-order valence-electron chi connectivity index (χ4n) is 5.87. The van der Waals surface area contributed by atoms with Gasteiger partial charge in [-0.05, 0) is 35.4 Å². The van der Waals surface area contributed by atoms with Crippen LogP contribution in [0.25, 0.3) is 0 Å². The SMILES string of the molecule is CC(C)C.CC(C)C.CCCCCCCCCCCCCC[PH](CCCCCC)(CCCCCC)CCCCCC.OP(O)(O)=S.OP(O)(O)=S. The second-order valence-electron chi connectivity index (χ2n) is 16.1. The Balaban J connectivity index is -0.000000319. The molecule has 0 aromatic rings. The number of hydrogen-bond donors (Lipinski definition) is 6. The maximum absolute atomic E-state index is 7.56. The summed E-state index contributed by atoms with van der Waals surface area (Å²) in [5.41, 5.74) is 0. The Hall–Kier alpha value is 1.49. The number of hydrogen-bond acceptors (Lipinski definition) is 2. The molecular weight excluding hydrogens is 733 g/mol. The first-order valence-corrected chi connectivity index (χ1v) is 29.4. The molecule has 0 aliphatic heterocycles. The van der Waals surface area contributed by atoms with Crippen LogP contribution in [0.5, 0.6) is 0 Å². The predicted octanol–water partition coefficient (Wildman–Crippen LogP) is 13.9. The largest absolute Gasteiger partial charge is 0.325 e. The van der Waals surface area contributed by atoms with E-state index < -0.39 is 20.7 Å². The second-order valence-corrected chi connectivity index (χ2v) is 26.1. The van der Waals surface area contributed by atoms with E-state index in [1.54, 1.807) is 50.3 Å². The van der Waals surface area contributed by atoms with Gasteiger partial charge in [-0.3, -0.25) is 0 Å². The van der Waals surface area contributed by atoms with Crippen LogP contribution in [0.15, 0.2) is 0 Å². The van der Waals surface area contributed by atoms with Crippen molar-refractivity contribution in [1.29, 1.82) is 0 Å². The molecule has 0 saturated heterocycles. The molecule has 0 saturated carbocycles. The summed E-state index contributed by atoms with van der Waals surface area (Å²) in [5, 5.41) is 0. The molecule has 318 valence electrons. The first kappa shape index (κ1) is 61.7. The molecule has 0 unspecified atom stereocenters. The zero-order chi connectivity index (χ0) is 40.5. The molecule has 11 heteroatoms. The average molecular weight is 829 g/mol. The zero-order valence-corrected chi connectivity index (χ0v) is 40.3. The minimum Gasteiger partial charge on any atom is -0.325 e. The molecule has 0 amide bonds. The molecule has 0 aliphatic carbocycles. The van der Waals surface area contributed by atoms with Gasteiger partial charge in [-0.2, -0.15) is 0 Å². The van der Waals surface area contributed by atoms with E-state index in [-0.39, 0.29) is 0 Å². The van der Waals surface area contributed by atoms with Crippen LogP contribution in [-0.2, 0) is 23.6 Å². The van der Waals surface area contributed by atoms with Gasteiger partial charge in [-0.1, -0.05) is 54.9 Å². The Morgan fingerprint density at radius 2 is 0.451 bits per heavy atom. The van der Waals surface area contributed by atoms with Gasteiger partial charge in [0.05, 0.1) is 0 Å². The molecule has 51 heavy (non-hydrogen) atoms. The molecule has 0 heterocycles. The third-order valence-corrected chi connectivity index (χ3v) is 13.9. The maximum Gasteiger partial charge on any atom is 0.319 e. The van der Waals surface area contributed by atoms with Gasteiger partial charge in [-0.25, -0.2) is 0 Å². The summed E-state index contributed by atoms with van der Waals surface area (Å²) in [7, 11) is -1.04. The summed E-state index contributed by atoms with van der Waals surface area (Å²) < 4.78 is 0. The molecule has 0 radical (unpaired) electrons. The van der Waals surface area contributed by atoms with E-state index >= 15 is 0 Å². The van der Waals surface area contributed by atoms with Gasteiger partial charge in [0, 0.05) is 0 Å². The minimum absolute atomic E-state index is 0.833. The van der Waals surface area contributed by atoms with Gasteiger partial charge in [0.25, 0.3) is 0 Å². The van der Waals surface area contributed by atoms with Crippen molar-refractivity contribution in [2.24, 2.45) is 11.8 Å². The van der Waals surface area contributed by atoms with Gasteiger partial charge in [-0.15, -0.1) is 0 Å². The van der Waals surface area contributed by atoms with E-state index in [2.05, 4.69) is 92.9 Å². The van der Waals surface area contributed by atoms with Gasteiger partial charge in [0.2, 0.25) is 0 Å². The van der Waals surface area contributed by atoms with Crippen molar-refractivity contribution < 1.29 is 29.4 Å². The molecular formula is C40H95O6P3S2. The van der Waals surface area contributed by atoms with E-state index in [1.807, 2.05) is 0 Å². The normalized spacial score (nSPS) is 11.8. The fraction of sp³-hybridized carbons (Fsp3) is 1.00. The number of rotatable bonds is 28. The van der Waals surface area contributed by atoms with Crippen molar-refractivity contribution in [1.82, 2.24) is 0 Å². The Morgan fingerprint density at radius 1 is 0.333 bits per heavy atom. The first-order chi connectivity index (χ1) is 23.7. The standard InChI is InChI=1S/C32H69P.2C4H10.2H3O3PS/c1-5-9-13-17-18-19-20-21-22-23-24-28-32-33(29-25-14-10-6-2,30-26-15-11-7-3)31-27-16-12-8-4;2*1-4(2)3;2*1-4(2,3)5/h33H,5-32H2,1-4H3;2*4H,1-3H3;2*(H3,1,2,3,5). The van der Waals surface area contributed by atoms with E-state index in [4.69, 9.17) is 29.4 Å². The summed E-state index contributed by atoms with van der Waals surface area (Å²) in [5.74, 6) is 1.67. The van der Waals surface area contributed by atoms with Crippen LogP contribution >= 0.6 is 20.7 Å². The van der Waals surface area contributed by atoms with E-state index in [1.165, 1.54) is 128 Å². The van der Waals surface area contributed by atoms with Crippen molar-refractivity contribution in [3.8, 4) is 0 Å². The van der Waals surface area contributed by atoms with Crippen molar-refractivity contribution in [2.45, 2.75) is 223 Å². The van der Waals surface area contributed by atoms with Gasteiger partial charge < -0.3 is 29.4 Å². The third kappa shape index (κ3) is 89.7. The summed E-state index contributed by atoms with van der Waals surface area (Å²) in [6, 6.07) is 0. The van der Waals surface area contributed by atoms with Crippen LogP contribution in [0.4, 0.5) is 0 Å². The van der Waals surface area contributed by atoms with Crippen LogP contribution in [0, 0.1) is 11.8 Å². The van der Waals surface area contributed by atoms with Crippen molar-refractivity contribution >= 4 is 44.3 Å². The summed E-state index contributed by atoms with van der Waals surface area (Å²) in [6.45, 7) is 14.8. The van der Waals surface area contributed by atoms with Gasteiger partial charge in [0.15, 0.2) is 0 Å². The van der Waals surface area contributed by atoms with Crippen molar-refractivity contribution in [3.05, 3.63) is 0 Å². The predicted molar refractivity (Wildman–Crippen MR) is 244 cm³/mol. The third-order valence-electron chi connectivity index (χ3n) is 8.24. The molecule has 0 aliphatic rings. The average Bonchev–Trinajstić information content (AvgIpc) is 2.98. The minimum atomic E-state index is -3.81. The molecule has 6 nitrogen and oxygen atoms in total. The molecule has 0 fully saturated rings. The van der Waals surface area contributed by atoms with Crippen LogP contribution in [-0.4, -0.2) is 54.0 Å². The van der Waals surface area contributed by atoms with Gasteiger partial charge in [0.1, 0.15) is 0 Å². The van der Waals surface area contributed by atoms with Crippen molar-refractivity contribution in [3.63, 3.8) is 0 Å². The molecule has 0 rings (SSSR count). The zero-order valence-electron chi connectivity index (χ0n) is 35.8. The smallest absolute Gasteiger partial charge is 0.319 e. The Kier molecular flexibility index (Phi) is 55.5. The summed E-state index contributed by atoms with van der Waals surface area (Å²) >= 11 is 7.21. The summed E-state index contributed by atoms with van der Waals surface area (Å²) in [6.07, 6.45) is 42.3. The molecule has 0 aromatic heterocycles. The molecule has 6 N–H and O–H groups in total. The van der Waals surface area contributed by atoms with Crippen LogP contribution in [0.2, 0.25) is 0 Å². The van der Waals surface area contributed by atoms with Crippen LogP contribution in [0.3, 0.4) is 0 Å². The second kappa shape index (κ2) is 45.9. The van der Waals surface area contributed by atoms with Crippen LogP contribution in [0.1, 0.15) is 223 Å². The van der Waals surface area contributed by atoms with E-state index in [0.717, 1.165) is 11.8 Å². The quantitative estimate of drug-likeness (QED) is 0.0341. The molecule has 0 bridgehead atoms. The maximum atomic E-state index is 7.56. The summed E-state index contributed by atoms with van der Waals surface area (Å²) in [4.78, 5) is 45.3. The van der Waals surface area contributed by atoms with Crippen molar-refractivity contribution in [2.75, 3.05) is 24.6 Å². The topological polar surface area (TPSA) is 121 Å². The van der Waals surface area contributed by atoms with Gasteiger partial charge >= 0.3 is 214 Å². The molecule has 0 aromatic carbocycles. The Bertz CT molecular complexity index is 654. The Labute approximate surface area is 332 Å². The first-order valence-electron chi connectivity index (χ1n) is 21.3. The number of unbranched alkanes of at least 4 members (excludes halogenated alkanes) is 20.